The quantitative estimate of drug-likeness (QED) is 0.739. The van der Waals surface area contributed by atoms with Gasteiger partial charge in [0.15, 0.2) is 0 Å². The highest BCUT2D eigenvalue weighted by Crippen LogP contribution is 2.23. The van der Waals surface area contributed by atoms with Crippen LogP contribution in [0.25, 0.3) is 0 Å². The average molecular weight is 196 g/mol. The van der Waals surface area contributed by atoms with E-state index >= 15 is 0 Å². The summed E-state index contributed by atoms with van der Waals surface area (Å²) in [4.78, 5) is 2.68. The third kappa shape index (κ3) is 2.29. The van der Waals surface area contributed by atoms with E-state index in [2.05, 4.69) is 24.1 Å². The van der Waals surface area contributed by atoms with Crippen molar-refractivity contribution in [2.75, 3.05) is 26.2 Å². The van der Waals surface area contributed by atoms with E-state index in [1.807, 2.05) is 0 Å². The second-order valence-corrected chi connectivity index (χ2v) is 5.11. The number of hydrogen-bond acceptors (Lipinski definition) is 2. The zero-order valence-electron chi connectivity index (χ0n) is 9.63. The van der Waals surface area contributed by atoms with Gasteiger partial charge in [-0.3, -0.25) is 0 Å². The summed E-state index contributed by atoms with van der Waals surface area (Å²) in [6, 6.07) is 0.746. The van der Waals surface area contributed by atoms with Gasteiger partial charge in [0.2, 0.25) is 0 Å². The number of nitrogens with one attached hydrogen (secondary N) is 1. The van der Waals surface area contributed by atoms with Gasteiger partial charge in [-0.05, 0) is 44.7 Å². The van der Waals surface area contributed by atoms with Crippen molar-refractivity contribution in [2.24, 2.45) is 11.8 Å². The van der Waals surface area contributed by atoms with E-state index in [1.54, 1.807) is 0 Å². The standard InChI is InChI=1S/C12H24N2/c1-3-11-5-7-14(8-11)9-12-4-6-13-10(12)2/h10-13H,3-9H2,1-2H3. The molecule has 0 radical (unpaired) electrons. The molecule has 2 nitrogen and oxygen atoms in total. The molecule has 2 heteroatoms. The fourth-order valence-corrected chi connectivity index (χ4v) is 2.91. The minimum atomic E-state index is 0.746. The molecule has 0 spiro atoms. The summed E-state index contributed by atoms with van der Waals surface area (Å²) in [5.41, 5.74) is 0. The molecule has 3 unspecified atom stereocenters. The summed E-state index contributed by atoms with van der Waals surface area (Å²) in [6.45, 7) is 9.95. The van der Waals surface area contributed by atoms with Crippen molar-refractivity contribution in [3.05, 3.63) is 0 Å². The minimum Gasteiger partial charge on any atom is -0.314 e. The molecule has 0 aliphatic carbocycles. The third-order valence-electron chi connectivity index (χ3n) is 4.13. The normalized spacial score (nSPS) is 39.4. The van der Waals surface area contributed by atoms with Crippen molar-refractivity contribution in [1.29, 1.82) is 0 Å². The highest BCUT2D eigenvalue weighted by molar-refractivity contribution is 4.85. The lowest BCUT2D eigenvalue weighted by atomic mass is 10.0. The molecule has 0 aromatic carbocycles. The van der Waals surface area contributed by atoms with Crippen molar-refractivity contribution in [3.8, 4) is 0 Å². The Labute approximate surface area is 88.1 Å². The fraction of sp³-hybridized carbons (Fsp3) is 1.00. The van der Waals surface area contributed by atoms with Gasteiger partial charge >= 0.3 is 0 Å². The van der Waals surface area contributed by atoms with E-state index in [1.165, 1.54) is 45.4 Å². The van der Waals surface area contributed by atoms with Crippen LogP contribution in [-0.4, -0.2) is 37.1 Å². The summed E-state index contributed by atoms with van der Waals surface area (Å²) in [7, 11) is 0. The summed E-state index contributed by atoms with van der Waals surface area (Å²) in [5.74, 6) is 1.89. The molecule has 14 heavy (non-hydrogen) atoms. The topological polar surface area (TPSA) is 15.3 Å². The average Bonchev–Trinajstić information content (AvgIpc) is 2.77. The molecule has 2 saturated heterocycles. The Kier molecular flexibility index (Phi) is 3.45. The van der Waals surface area contributed by atoms with Gasteiger partial charge in [-0.25, -0.2) is 0 Å². The highest BCUT2D eigenvalue weighted by Gasteiger charge is 2.28. The number of rotatable bonds is 3. The second-order valence-electron chi connectivity index (χ2n) is 5.11. The predicted molar refractivity (Wildman–Crippen MR) is 60.4 cm³/mol. The van der Waals surface area contributed by atoms with Crippen LogP contribution >= 0.6 is 0 Å². The van der Waals surface area contributed by atoms with Crippen LogP contribution in [-0.2, 0) is 0 Å². The van der Waals surface area contributed by atoms with Gasteiger partial charge in [-0.2, -0.15) is 0 Å². The SMILES string of the molecule is CCC1CCN(CC2CCNC2C)C1. The third-order valence-corrected chi connectivity index (χ3v) is 4.13. The van der Waals surface area contributed by atoms with Gasteiger partial charge in [-0.15, -0.1) is 0 Å². The monoisotopic (exact) mass is 196 g/mol. The molecule has 2 aliphatic heterocycles. The van der Waals surface area contributed by atoms with Gasteiger partial charge in [-0.1, -0.05) is 13.3 Å². The van der Waals surface area contributed by atoms with E-state index in [9.17, 15) is 0 Å². The van der Waals surface area contributed by atoms with E-state index in [-0.39, 0.29) is 0 Å². The van der Waals surface area contributed by atoms with Crippen LogP contribution in [0.2, 0.25) is 0 Å². The van der Waals surface area contributed by atoms with E-state index in [4.69, 9.17) is 0 Å². The van der Waals surface area contributed by atoms with Gasteiger partial charge in [0, 0.05) is 19.1 Å². The first-order valence-electron chi connectivity index (χ1n) is 6.25. The molecule has 1 N–H and O–H groups in total. The summed E-state index contributed by atoms with van der Waals surface area (Å²) < 4.78 is 0. The summed E-state index contributed by atoms with van der Waals surface area (Å²) in [5, 5.41) is 3.54. The lowest BCUT2D eigenvalue weighted by Gasteiger charge is -2.22. The summed E-state index contributed by atoms with van der Waals surface area (Å²) in [6.07, 6.45) is 4.19. The zero-order valence-corrected chi connectivity index (χ0v) is 9.63. The van der Waals surface area contributed by atoms with Crippen LogP contribution in [0.3, 0.4) is 0 Å². The number of likely N-dealkylation sites (tertiary alicyclic amines) is 1. The van der Waals surface area contributed by atoms with Crippen LogP contribution < -0.4 is 5.32 Å². The Bertz CT molecular complexity index is 181. The molecule has 82 valence electrons. The molecule has 2 rings (SSSR count). The molecule has 0 aromatic rings. The highest BCUT2D eigenvalue weighted by atomic mass is 15.2. The molecule has 2 fully saturated rings. The Balaban J connectivity index is 1.75. The first kappa shape index (κ1) is 10.4. The van der Waals surface area contributed by atoms with Crippen molar-refractivity contribution < 1.29 is 0 Å². The molecule has 2 aliphatic rings. The largest absolute Gasteiger partial charge is 0.314 e. The number of hydrogen-bond donors (Lipinski definition) is 1. The molecular formula is C12H24N2. The minimum absolute atomic E-state index is 0.746. The van der Waals surface area contributed by atoms with Crippen LogP contribution in [0.15, 0.2) is 0 Å². The van der Waals surface area contributed by atoms with Crippen LogP contribution in [0.4, 0.5) is 0 Å². The van der Waals surface area contributed by atoms with Crippen LogP contribution in [0.5, 0.6) is 0 Å². The summed E-state index contributed by atoms with van der Waals surface area (Å²) >= 11 is 0. The first-order chi connectivity index (χ1) is 6.79. The lowest BCUT2D eigenvalue weighted by Crippen LogP contribution is -2.33. The van der Waals surface area contributed by atoms with Crippen LogP contribution in [0, 0.1) is 11.8 Å². The predicted octanol–water partition coefficient (Wildman–Crippen LogP) is 1.72. The van der Waals surface area contributed by atoms with E-state index < -0.39 is 0 Å². The maximum Gasteiger partial charge on any atom is 0.00796 e. The lowest BCUT2D eigenvalue weighted by molar-refractivity contribution is 0.258. The van der Waals surface area contributed by atoms with Crippen molar-refractivity contribution >= 4 is 0 Å². The Hall–Kier alpha value is -0.0800. The Morgan fingerprint density at radius 3 is 2.79 bits per heavy atom. The molecule has 2 heterocycles. The van der Waals surface area contributed by atoms with E-state index in [0.717, 1.165) is 17.9 Å². The van der Waals surface area contributed by atoms with Crippen molar-refractivity contribution in [1.82, 2.24) is 10.2 Å². The van der Waals surface area contributed by atoms with Gasteiger partial charge in [0.05, 0.1) is 0 Å². The van der Waals surface area contributed by atoms with E-state index in [0.29, 0.717) is 0 Å². The maximum absolute atomic E-state index is 3.54. The number of nitrogens with zero attached hydrogens (tertiary/aromatic N) is 1. The van der Waals surface area contributed by atoms with Crippen LogP contribution in [0.1, 0.15) is 33.1 Å². The molecular weight excluding hydrogens is 172 g/mol. The molecule has 3 atom stereocenters. The zero-order chi connectivity index (χ0) is 9.97. The molecule has 0 saturated carbocycles. The van der Waals surface area contributed by atoms with Gasteiger partial charge < -0.3 is 10.2 Å². The smallest absolute Gasteiger partial charge is 0.00796 e. The van der Waals surface area contributed by atoms with Crippen molar-refractivity contribution in [3.63, 3.8) is 0 Å². The molecule has 0 bridgehead atoms. The maximum atomic E-state index is 3.54. The first-order valence-corrected chi connectivity index (χ1v) is 6.25. The van der Waals surface area contributed by atoms with Gasteiger partial charge in [0.25, 0.3) is 0 Å². The Morgan fingerprint density at radius 2 is 2.21 bits per heavy atom. The molecule has 0 aromatic heterocycles. The Morgan fingerprint density at radius 1 is 1.36 bits per heavy atom. The fourth-order valence-electron chi connectivity index (χ4n) is 2.91. The molecule has 0 amide bonds. The second kappa shape index (κ2) is 4.63. The van der Waals surface area contributed by atoms with Crippen molar-refractivity contribution in [2.45, 2.75) is 39.2 Å². The van der Waals surface area contributed by atoms with Gasteiger partial charge in [0.1, 0.15) is 0 Å².